The Morgan fingerprint density at radius 3 is 3.06 bits per heavy atom. The average molecular weight is 262 g/mol. The molecule has 0 atom stereocenters. The maximum Gasteiger partial charge on any atom is 0.335 e. The van der Waals surface area contributed by atoms with E-state index in [4.69, 9.17) is 5.11 Å². The average Bonchev–Trinajstić information content (AvgIpc) is 2.84. The first kappa shape index (κ1) is 12.6. The molecule has 2 N–H and O–H groups in total. The number of carboxylic acid groups (broad SMARTS) is 1. The number of hydrogen-bond acceptors (Lipinski definition) is 4. The van der Waals surface area contributed by atoms with Crippen molar-refractivity contribution in [2.45, 2.75) is 19.9 Å². The van der Waals surface area contributed by atoms with Crippen LogP contribution in [-0.2, 0) is 13.0 Å². The number of carbonyl (C=O) groups is 1. The summed E-state index contributed by atoms with van der Waals surface area (Å²) in [6, 6.07) is 5.14. The summed E-state index contributed by atoms with van der Waals surface area (Å²) in [6.07, 6.45) is 2.50. The van der Waals surface area contributed by atoms with Gasteiger partial charge in [0.1, 0.15) is 5.82 Å². The van der Waals surface area contributed by atoms with E-state index in [0.717, 1.165) is 6.42 Å². The molecule has 4 nitrogen and oxygen atoms in total. The van der Waals surface area contributed by atoms with Crippen molar-refractivity contribution in [2.75, 3.05) is 5.32 Å². The van der Waals surface area contributed by atoms with Gasteiger partial charge in [0.05, 0.1) is 12.1 Å². The number of aryl methyl sites for hydroxylation is 1. The van der Waals surface area contributed by atoms with Gasteiger partial charge in [0.25, 0.3) is 0 Å². The second kappa shape index (κ2) is 5.64. The van der Waals surface area contributed by atoms with Gasteiger partial charge in [-0.25, -0.2) is 9.78 Å². The zero-order chi connectivity index (χ0) is 13.0. The maximum absolute atomic E-state index is 10.8. The fourth-order valence-corrected chi connectivity index (χ4v) is 2.58. The highest BCUT2D eigenvalue weighted by Gasteiger charge is 2.05. The monoisotopic (exact) mass is 262 g/mol. The quantitative estimate of drug-likeness (QED) is 0.869. The highest BCUT2D eigenvalue weighted by atomic mass is 32.1. The topological polar surface area (TPSA) is 62.2 Å². The van der Waals surface area contributed by atoms with Gasteiger partial charge in [0, 0.05) is 11.1 Å². The van der Waals surface area contributed by atoms with Crippen molar-refractivity contribution < 1.29 is 9.90 Å². The van der Waals surface area contributed by atoms with E-state index in [0.29, 0.717) is 12.4 Å². The molecule has 0 unspecified atom stereocenters. The lowest BCUT2D eigenvalue weighted by molar-refractivity contribution is 0.0697. The number of nitrogens with zero attached hydrogens (tertiary/aromatic N) is 1. The Labute approximate surface area is 109 Å². The van der Waals surface area contributed by atoms with Gasteiger partial charge in [-0.2, -0.15) is 0 Å². The summed E-state index contributed by atoms with van der Waals surface area (Å²) in [7, 11) is 0. The summed E-state index contributed by atoms with van der Waals surface area (Å²) in [6.45, 7) is 2.80. The van der Waals surface area contributed by atoms with Crippen LogP contribution in [0.3, 0.4) is 0 Å². The second-order valence-electron chi connectivity index (χ2n) is 3.81. The van der Waals surface area contributed by atoms with Crippen molar-refractivity contribution in [1.29, 1.82) is 0 Å². The predicted molar refractivity (Wildman–Crippen MR) is 72.2 cm³/mol. The first-order chi connectivity index (χ1) is 8.70. The molecule has 0 amide bonds. The molecule has 18 heavy (non-hydrogen) atoms. The summed E-state index contributed by atoms with van der Waals surface area (Å²) < 4.78 is 0. The molecule has 0 saturated carbocycles. The SMILES string of the molecule is CCc1ccsc1CNc1cc(C(=O)O)ccn1. The Balaban J connectivity index is 2.06. The van der Waals surface area contributed by atoms with Crippen LogP contribution in [-0.4, -0.2) is 16.1 Å². The maximum atomic E-state index is 10.8. The van der Waals surface area contributed by atoms with E-state index in [9.17, 15) is 4.79 Å². The van der Waals surface area contributed by atoms with Crippen LogP contribution in [0.2, 0.25) is 0 Å². The largest absolute Gasteiger partial charge is 0.478 e. The predicted octanol–water partition coefficient (Wildman–Crippen LogP) is 3.02. The van der Waals surface area contributed by atoms with Gasteiger partial charge < -0.3 is 10.4 Å². The van der Waals surface area contributed by atoms with Crippen LogP contribution >= 0.6 is 11.3 Å². The zero-order valence-corrected chi connectivity index (χ0v) is 10.8. The molecule has 0 spiro atoms. The van der Waals surface area contributed by atoms with Crippen LogP contribution < -0.4 is 5.32 Å². The molecule has 5 heteroatoms. The van der Waals surface area contributed by atoms with Crippen molar-refractivity contribution in [3.63, 3.8) is 0 Å². The van der Waals surface area contributed by atoms with Crippen LogP contribution in [0.4, 0.5) is 5.82 Å². The van der Waals surface area contributed by atoms with Crippen LogP contribution in [0.1, 0.15) is 27.7 Å². The molecule has 0 bridgehead atoms. The third-order valence-corrected chi connectivity index (χ3v) is 3.62. The Morgan fingerprint density at radius 1 is 1.50 bits per heavy atom. The Kier molecular flexibility index (Phi) is 3.94. The van der Waals surface area contributed by atoms with E-state index >= 15 is 0 Å². The molecule has 2 aromatic rings. The van der Waals surface area contributed by atoms with Gasteiger partial charge in [-0.05, 0) is 35.6 Å². The van der Waals surface area contributed by atoms with E-state index in [1.54, 1.807) is 17.4 Å². The van der Waals surface area contributed by atoms with Crippen molar-refractivity contribution in [1.82, 2.24) is 4.98 Å². The number of aromatic nitrogens is 1. The van der Waals surface area contributed by atoms with E-state index in [2.05, 4.69) is 28.7 Å². The number of nitrogens with one attached hydrogen (secondary N) is 1. The standard InChI is InChI=1S/C13H14N2O2S/c1-2-9-4-6-18-11(9)8-15-12-7-10(13(16)17)3-5-14-12/h3-7H,2,8H2,1H3,(H,14,15)(H,16,17). The second-order valence-corrected chi connectivity index (χ2v) is 4.81. The molecule has 2 rings (SSSR count). The fraction of sp³-hybridized carbons (Fsp3) is 0.231. The van der Waals surface area contributed by atoms with E-state index in [1.165, 1.54) is 22.7 Å². The smallest absolute Gasteiger partial charge is 0.335 e. The minimum atomic E-state index is -0.939. The lowest BCUT2D eigenvalue weighted by Crippen LogP contribution is -2.04. The summed E-state index contributed by atoms with van der Waals surface area (Å²) in [5.74, 6) is -0.351. The van der Waals surface area contributed by atoms with Gasteiger partial charge >= 0.3 is 5.97 Å². The summed E-state index contributed by atoms with van der Waals surface area (Å²) in [5.41, 5.74) is 1.57. The van der Waals surface area contributed by atoms with E-state index in [-0.39, 0.29) is 5.56 Å². The number of thiophene rings is 1. The highest BCUT2D eigenvalue weighted by molar-refractivity contribution is 7.10. The number of carboxylic acids is 1. The van der Waals surface area contributed by atoms with Crippen LogP contribution in [0.15, 0.2) is 29.8 Å². The molecule has 0 aliphatic heterocycles. The van der Waals surface area contributed by atoms with Crippen LogP contribution in [0, 0.1) is 0 Å². The molecule has 2 heterocycles. The highest BCUT2D eigenvalue weighted by Crippen LogP contribution is 2.18. The summed E-state index contributed by atoms with van der Waals surface area (Å²) >= 11 is 1.70. The van der Waals surface area contributed by atoms with E-state index in [1.807, 2.05) is 0 Å². The number of hydrogen-bond donors (Lipinski definition) is 2. The molecule has 0 aliphatic carbocycles. The van der Waals surface area contributed by atoms with Gasteiger partial charge in [-0.3, -0.25) is 0 Å². The molecule has 0 radical (unpaired) electrons. The van der Waals surface area contributed by atoms with E-state index < -0.39 is 5.97 Å². The Morgan fingerprint density at radius 2 is 2.33 bits per heavy atom. The Hall–Kier alpha value is -1.88. The van der Waals surface area contributed by atoms with Crippen molar-refractivity contribution in [3.05, 3.63) is 45.8 Å². The molecule has 0 aliphatic rings. The van der Waals surface area contributed by atoms with Gasteiger partial charge in [-0.15, -0.1) is 11.3 Å². The van der Waals surface area contributed by atoms with Crippen LogP contribution in [0.5, 0.6) is 0 Å². The number of anilines is 1. The number of rotatable bonds is 5. The van der Waals surface area contributed by atoms with Crippen molar-refractivity contribution in [2.24, 2.45) is 0 Å². The molecular weight excluding hydrogens is 248 g/mol. The third-order valence-electron chi connectivity index (χ3n) is 2.66. The third kappa shape index (κ3) is 2.87. The van der Waals surface area contributed by atoms with Crippen molar-refractivity contribution >= 4 is 23.1 Å². The molecule has 2 aromatic heterocycles. The van der Waals surface area contributed by atoms with Gasteiger partial charge in [0.15, 0.2) is 0 Å². The lowest BCUT2D eigenvalue weighted by atomic mass is 10.2. The normalized spacial score (nSPS) is 10.3. The number of aromatic carboxylic acids is 1. The molecule has 0 aromatic carbocycles. The van der Waals surface area contributed by atoms with Gasteiger partial charge in [-0.1, -0.05) is 6.92 Å². The molecular formula is C13H14N2O2S. The fourth-order valence-electron chi connectivity index (χ4n) is 1.67. The lowest BCUT2D eigenvalue weighted by Gasteiger charge is -2.06. The minimum absolute atomic E-state index is 0.245. The molecule has 0 saturated heterocycles. The molecule has 94 valence electrons. The first-order valence-corrected chi connectivity index (χ1v) is 6.57. The number of pyridine rings is 1. The Bertz CT molecular complexity index is 551. The zero-order valence-electron chi connectivity index (χ0n) is 10.0. The summed E-state index contributed by atoms with van der Waals surface area (Å²) in [5, 5.41) is 14.1. The molecule has 0 fully saturated rings. The summed E-state index contributed by atoms with van der Waals surface area (Å²) in [4.78, 5) is 16.2. The first-order valence-electron chi connectivity index (χ1n) is 5.69. The minimum Gasteiger partial charge on any atom is -0.478 e. The van der Waals surface area contributed by atoms with Crippen LogP contribution in [0.25, 0.3) is 0 Å². The van der Waals surface area contributed by atoms with Crippen molar-refractivity contribution in [3.8, 4) is 0 Å². The van der Waals surface area contributed by atoms with Gasteiger partial charge in [0.2, 0.25) is 0 Å².